The molecule has 1 atom stereocenters. The number of rotatable bonds is 7. The Morgan fingerprint density at radius 1 is 1.56 bits per heavy atom. The fourth-order valence-electron chi connectivity index (χ4n) is 1.50. The Hall–Kier alpha value is -0.940. The van der Waals surface area contributed by atoms with Crippen molar-refractivity contribution >= 4 is 0 Å². The van der Waals surface area contributed by atoms with Gasteiger partial charge < -0.3 is 10.2 Å². The van der Waals surface area contributed by atoms with Crippen LogP contribution in [0.5, 0.6) is 0 Å². The lowest BCUT2D eigenvalue weighted by molar-refractivity contribution is 0.238. The minimum absolute atomic E-state index is 0.625. The second-order valence-corrected chi connectivity index (χ2v) is 4.24. The molecule has 1 rings (SSSR count). The fourth-order valence-corrected chi connectivity index (χ4v) is 1.50. The summed E-state index contributed by atoms with van der Waals surface area (Å²) >= 11 is 0. The van der Waals surface area contributed by atoms with Gasteiger partial charge in [0.25, 0.3) is 0 Å². The molecule has 0 aliphatic heterocycles. The molecule has 1 N–H and O–H groups in total. The maximum Gasteiger partial charge on any atom is 0.0964 e. The first-order valence-electron chi connectivity index (χ1n) is 5.91. The lowest BCUT2D eigenvalue weighted by Crippen LogP contribution is -2.31. The van der Waals surface area contributed by atoms with Crippen molar-refractivity contribution in [2.75, 3.05) is 20.6 Å². The second-order valence-electron chi connectivity index (χ2n) is 4.24. The zero-order chi connectivity index (χ0) is 12.0. The van der Waals surface area contributed by atoms with Gasteiger partial charge in [-0.1, -0.05) is 12.1 Å². The standard InChI is InChI=1S/C11H23N5/c1-5-10(2)15(4)6-7-16-9-11(8-12-3)13-14-16/h9-10,12H,5-8H2,1-4H3. The molecule has 5 nitrogen and oxygen atoms in total. The van der Waals surface area contributed by atoms with Crippen LogP contribution in [0.3, 0.4) is 0 Å². The van der Waals surface area contributed by atoms with Crippen molar-refractivity contribution in [3.63, 3.8) is 0 Å². The minimum Gasteiger partial charge on any atom is -0.314 e. The number of nitrogens with one attached hydrogen (secondary N) is 1. The highest BCUT2D eigenvalue weighted by atomic mass is 15.4. The molecule has 1 aromatic heterocycles. The van der Waals surface area contributed by atoms with E-state index in [0.717, 1.165) is 25.3 Å². The molecule has 0 bridgehead atoms. The van der Waals surface area contributed by atoms with Gasteiger partial charge in [-0.25, -0.2) is 0 Å². The molecule has 0 aromatic carbocycles. The maximum absolute atomic E-state index is 4.09. The summed E-state index contributed by atoms with van der Waals surface area (Å²) < 4.78 is 1.91. The quantitative estimate of drug-likeness (QED) is 0.743. The number of likely N-dealkylation sites (N-methyl/N-ethyl adjacent to an activating group) is 1. The molecule has 0 aliphatic rings. The van der Waals surface area contributed by atoms with E-state index in [1.54, 1.807) is 0 Å². The number of aromatic nitrogens is 3. The van der Waals surface area contributed by atoms with Gasteiger partial charge in [0.1, 0.15) is 0 Å². The molecular weight excluding hydrogens is 202 g/mol. The molecule has 1 unspecified atom stereocenters. The molecule has 0 amide bonds. The number of nitrogens with zero attached hydrogens (tertiary/aromatic N) is 4. The smallest absolute Gasteiger partial charge is 0.0964 e. The molecule has 0 radical (unpaired) electrons. The first-order chi connectivity index (χ1) is 7.67. The van der Waals surface area contributed by atoms with Gasteiger partial charge in [0, 0.05) is 25.3 Å². The van der Waals surface area contributed by atoms with E-state index in [0.29, 0.717) is 6.04 Å². The monoisotopic (exact) mass is 225 g/mol. The van der Waals surface area contributed by atoms with E-state index < -0.39 is 0 Å². The second kappa shape index (κ2) is 6.60. The Kier molecular flexibility index (Phi) is 5.42. The summed E-state index contributed by atoms with van der Waals surface area (Å²) in [5.41, 5.74) is 0.994. The van der Waals surface area contributed by atoms with Gasteiger partial charge >= 0.3 is 0 Å². The molecule has 0 saturated heterocycles. The zero-order valence-electron chi connectivity index (χ0n) is 10.8. The minimum atomic E-state index is 0.625. The third kappa shape index (κ3) is 3.90. The van der Waals surface area contributed by atoms with E-state index in [2.05, 4.69) is 41.4 Å². The van der Waals surface area contributed by atoms with E-state index in [4.69, 9.17) is 0 Å². The summed E-state index contributed by atoms with van der Waals surface area (Å²) in [5, 5.41) is 11.2. The number of hydrogen-bond acceptors (Lipinski definition) is 4. The van der Waals surface area contributed by atoms with Crippen LogP contribution in [-0.2, 0) is 13.1 Å². The van der Waals surface area contributed by atoms with Crippen molar-refractivity contribution in [1.29, 1.82) is 0 Å². The maximum atomic E-state index is 4.09. The molecule has 5 heteroatoms. The predicted octanol–water partition coefficient (Wildman–Crippen LogP) is 0.728. The van der Waals surface area contributed by atoms with Crippen LogP contribution in [0.4, 0.5) is 0 Å². The molecule has 0 aliphatic carbocycles. The molecule has 16 heavy (non-hydrogen) atoms. The SMILES string of the molecule is CCC(C)N(C)CCn1cc(CNC)nn1. The Bertz CT molecular complexity index is 296. The summed E-state index contributed by atoms with van der Waals surface area (Å²) in [6.07, 6.45) is 3.18. The van der Waals surface area contributed by atoms with E-state index >= 15 is 0 Å². The molecular formula is C11H23N5. The van der Waals surface area contributed by atoms with Crippen LogP contribution < -0.4 is 5.32 Å². The normalized spacial score (nSPS) is 13.3. The van der Waals surface area contributed by atoms with Crippen molar-refractivity contribution in [3.05, 3.63) is 11.9 Å². The van der Waals surface area contributed by atoms with E-state index in [9.17, 15) is 0 Å². The predicted molar refractivity (Wildman–Crippen MR) is 65.2 cm³/mol. The lowest BCUT2D eigenvalue weighted by Gasteiger charge is -2.22. The third-order valence-corrected chi connectivity index (χ3v) is 2.97. The van der Waals surface area contributed by atoms with Gasteiger partial charge in [0.2, 0.25) is 0 Å². The molecule has 0 spiro atoms. The molecule has 1 aromatic rings. The third-order valence-electron chi connectivity index (χ3n) is 2.97. The van der Waals surface area contributed by atoms with E-state index in [1.807, 2.05) is 17.9 Å². The van der Waals surface area contributed by atoms with Gasteiger partial charge in [-0.2, -0.15) is 0 Å². The van der Waals surface area contributed by atoms with E-state index in [1.165, 1.54) is 6.42 Å². The van der Waals surface area contributed by atoms with Crippen molar-refractivity contribution in [2.24, 2.45) is 0 Å². The Labute approximate surface area is 97.8 Å². The van der Waals surface area contributed by atoms with Crippen molar-refractivity contribution in [1.82, 2.24) is 25.2 Å². The molecule has 1 heterocycles. The van der Waals surface area contributed by atoms with Gasteiger partial charge in [0.15, 0.2) is 0 Å². The van der Waals surface area contributed by atoms with Gasteiger partial charge in [0.05, 0.1) is 12.2 Å². The Morgan fingerprint density at radius 3 is 2.94 bits per heavy atom. The Balaban J connectivity index is 2.36. The molecule has 0 saturated carbocycles. The topological polar surface area (TPSA) is 46.0 Å². The highest BCUT2D eigenvalue weighted by molar-refractivity contribution is 4.91. The average molecular weight is 225 g/mol. The largest absolute Gasteiger partial charge is 0.314 e. The van der Waals surface area contributed by atoms with Crippen molar-refractivity contribution in [3.8, 4) is 0 Å². The van der Waals surface area contributed by atoms with Crippen LogP contribution in [0.25, 0.3) is 0 Å². The van der Waals surface area contributed by atoms with Crippen molar-refractivity contribution < 1.29 is 0 Å². The van der Waals surface area contributed by atoms with E-state index in [-0.39, 0.29) is 0 Å². The zero-order valence-corrected chi connectivity index (χ0v) is 10.8. The Morgan fingerprint density at radius 2 is 2.31 bits per heavy atom. The first-order valence-corrected chi connectivity index (χ1v) is 5.91. The summed E-state index contributed by atoms with van der Waals surface area (Å²) in [4.78, 5) is 2.35. The van der Waals surface area contributed by atoms with Gasteiger partial charge in [-0.3, -0.25) is 4.68 Å². The number of hydrogen-bond donors (Lipinski definition) is 1. The lowest BCUT2D eigenvalue weighted by atomic mass is 10.2. The van der Waals surface area contributed by atoms with Crippen LogP contribution in [-0.4, -0.2) is 46.6 Å². The average Bonchev–Trinajstić information content (AvgIpc) is 2.73. The fraction of sp³-hybridized carbons (Fsp3) is 0.818. The summed E-state index contributed by atoms with van der Waals surface area (Å²) in [6, 6.07) is 0.625. The van der Waals surface area contributed by atoms with Crippen LogP contribution in [0.1, 0.15) is 26.0 Å². The molecule has 92 valence electrons. The van der Waals surface area contributed by atoms with Gasteiger partial charge in [-0.05, 0) is 27.4 Å². The summed E-state index contributed by atoms with van der Waals surface area (Å²) in [7, 11) is 4.06. The van der Waals surface area contributed by atoms with Gasteiger partial charge in [-0.15, -0.1) is 5.10 Å². The highest BCUT2D eigenvalue weighted by Crippen LogP contribution is 2.00. The summed E-state index contributed by atoms with van der Waals surface area (Å²) in [6.45, 7) is 7.14. The first kappa shape index (κ1) is 13.1. The van der Waals surface area contributed by atoms with Crippen LogP contribution >= 0.6 is 0 Å². The summed E-state index contributed by atoms with van der Waals surface area (Å²) in [5.74, 6) is 0. The van der Waals surface area contributed by atoms with Crippen LogP contribution in [0.2, 0.25) is 0 Å². The van der Waals surface area contributed by atoms with Crippen molar-refractivity contribution in [2.45, 2.75) is 39.4 Å². The van der Waals surface area contributed by atoms with Crippen LogP contribution in [0.15, 0.2) is 6.20 Å². The highest BCUT2D eigenvalue weighted by Gasteiger charge is 2.07. The van der Waals surface area contributed by atoms with Crippen LogP contribution in [0, 0.1) is 0 Å². The molecule has 0 fully saturated rings.